The van der Waals surface area contributed by atoms with Crippen LogP contribution in [0.1, 0.15) is 11.6 Å². The zero-order valence-electron chi connectivity index (χ0n) is 11.1. The van der Waals surface area contributed by atoms with Crippen molar-refractivity contribution in [2.24, 2.45) is 5.73 Å². The summed E-state index contributed by atoms with van der Waals surface area (Å²) >= 11 is 3.19. The van der Waals surface area contributed by atoms with E-state index >= 15 is 0 Å². The van der Waals surface area contributed by atoms with Crippen molar-refractivity contribution in [2.75, 3.05) is 19.0 Å². The number of benzene rings is 2. The second kappa shape index (κ2) is 6.72. The smallest absolute Gasteiger partial charge is 0.137 e. The molecule has 0 saturated heterocycles. The Balaban J connectivity index is 2.16. The van der Waals surface area contributed by atoms with Crippen LogP contribution in [0.2, 0.25) is 0 Å². The highest BCUT2D eigenvalue weighted by Crippen LogP contribution is 2.24. The summed E-state index contributed by atoms with van der Waals surface area (Å²) in [6, 6.07) is 12.4. The molecule has 1 atom stereocenters. The van der Waals surface area contributed by atoms with Gasteiger partial charge in [-0.25, -0.2) is 4.39 Å². The van der Waals surface area contributed by atoms with Gasteiger partial charge in [0.05, 0.1) is 17.6 Å². The molecule has 0 aliphatic carbocycles. The summed E-state index contributed by atoms with van der Waals surface area (Å²) in [7, 11) is 1.63. The van der Waals surface area contributed by atoms with Gasteiger partial charge >= 0.3 is 0 Å². The number of hydrogen-bond acceptors (Lipinski definition) is 3. The summed E-state index contributed by atoms with van der Waals surface area (Å²) in [5, 5.41) is 3.32. The summed E-state index contributed by atoms with van der Waals surface area (Å²) in [6.45, 7) is 0.407. The average Bonchev–Trinajstić information content (AvgIpc) is 2.48. The Morgan fingerprint density at radius 3 is 2.50 bits per heavy atom. The highest BCUT2D eigenvalue weighted by molar-refractivity contribution is 9.10. The van der Waals surface area contributed by atoms with Crippen LogP contribution < -0.4 is 15.8 Å². The summed E-state index contributed by atoms with van der Waals surface area (Å²) < 4.78 is 18.8. The van der Waals surface area contributed by atoms with E-state index in [1.807, 2.05) is 24.3 Å². The van der Waals surface area contributed by atoms with E-state index in [0.29, 0.717) is 11.0 Å². The second-order valence-electron chi connectivity index (χ2n) is 4.33. The first-order valence-electron chi connectivity index (χ1n) is 6.19. The molecule has 0 aromatic heterocycles. The first-order valence-corrected chi connectivity index (χ1v) is 6.99. The minimum absolute atomic E-state index is 0.0831. The lowest BCUT2D eigenvalue weighted by atomic mass is 10.1. The molecule has 20 heavy (non-hydrogen) atoms. The average molecular weight is 339 g/mol. The molecule has 0 radical (unpaired) electrons. The predicted molar refractivity (Wildman–Crippen MR) is 82.5 cm³/mol. The van der Waals surface area contributed by atoms with Crippen molar-refractivity contribution in [3.8, 4) is 5.75 Å². The Morgan fingerprint density at radius 2 is 1.95 bits per heavy atom. The van der Waals surface area contributed by atoms with E-state index in [4.69, 9.17) is 10.5 Å². The Kier molecular flexibility index (Phi) is 4.98. The molecule has 0 aliphatic heterocycles. The number of methoxy groups -OCH3 is 1. The van der Waals surface area contributed by atoms with Gasteiger partial charge in [0.15, 0.2) is 0 Å². The van der Waals surface area contributed by atoms with Crippen LogP contribution in [-0.2, 0) is 0 Å². The van der Waals surface area contributed by atoms with Gasteiger partial charge in [-0.15, -0.1) is 0 Å². The topological polar surface area (TPSA) is 47.3 Å². The molecule has 0 aliphatic rings. The van der Waals surface area contributed by atoms with Gasteiger partial charge in [-0.1, -0.05) is 6.07 Å². The third kappa shape index (κ3) is 3.49. The number of hydrogen-bond donors (Lipinski definition) is 2. The van der Waals surface area contributed by atoms with E-state index in [9.17, 15) is 4.39 Å². The van der Waals surface area contributed by atoms with E-state index in [0.717, 1.165) is 17.0 Å². The van der Waals surface area contributed by atoms with Crippen molar-refractivity contribution >= 4 is 21.6 Å². The molecule has 0 spiro atoms. The lowest BCUT2D eigenvalue weighted by molar-refractivity contribution is 0.415. The van der Waals surface area contributed by atoms with Crippen LogP contribution in [0.4, 0.5) is 10.1 Å². The highest BCUT2D eigenvalue weighted by atomic mass is 79.9. The van der Waals surface area contributed by atoms with Crippen LogP contribution >= 0.6 is 15.9 Å². The van der Waals surface area contributed by atoms with Gasteiger partial charge in [-0.3, -0.25) is 0 Å². The Bertz CT molecular complexity index is 575. The molecule has 5 heteroatoms. The van der Waals surface area contributed by atoms with Crippen molar-refractivity contribution in [1.82, 2.24) is 0 Å². The molecular formula is C15H16BrFN2O. The maximum atomic E-state index is 13.3. The first kappa shape index (κ1) is 14.8. The predicted octanol–water partition coefficient (Wildman–Crippen LogP) is 3.71. The molecule has 1 unspecified atom stereocenters. The molecular weight excluding hydrogens is 323 g/mol. The maximum absolute atomic E-state index is 13.3. The summed E-state index contributed by atoms with van der Waals surface area (Å²) in [6.07, 6.45) is 0. The van der Waals surface area contributed by atoms with Gasteiger partial charge in [0, 0.05) is 12.2 Å². The second-order valence-corrected chi connectivity index (χ2v) is 5.19. The number of anilines is 1. The van der Waals surface area contributed by atoms with Crippen molar-refractivity contribution in [3.63, 3.8) is 0 Å². The number of rotatable bonds is 5. The summed E-state index contributed by atoms with van der Waals surface area (Å²) in [4.78, 5) is 0. The zero-order valence-corrected chi connectivity index (χ0v) is 12.7. The fourth-order valence-electron chi connectivity index (χ4n) is 1.90. The van der Waals surface area contributed by atoms with Crippen LogP contribution in [0.25, 0.3) is 0 Å². The van der Waals surface area contributed by atoms with Gasteiger partial charge in [-0.05, 0) is 57.9 Å². The largest absolute Gasteiger partial charge is 0.497 e. The van der Waals surface area contributed by atoms with Crippen molar-refractivity contribution in [1.29, 1.82) is 0 Å². The van der Waals surface area contributed by atoms with E-state index in [2.05, 4.69) is 21.2 Å². The normalized spacial score (nSPS) is 12.0. The molecule has 0 fully saturated rings. The highest BCUT2D eigenvalue weighted by Gasteiger charge is 2.11. The fraction of sp³-hybridized carbons (Fsp3) is 0.200. The molecule has 3 nitrogen and oxygen atoms in total. The lowest BCUT2D eigenvalue weighted by Crippen LogP contribution is -2.20. The zero-order chi connectivity index (χ0) is 14.5. The Hall–Kier alpha value is -1.59. The van der Waals surface area contributed by atoms with Crippen LogP contribution in [0.3, 0.4) is 0 Å². The number of ether oxygens (including phenoxy) is 1. The van der Waals surface area contributed by atoms with E-state index < -0.39 is 0 Å². The summed E-state index contributed by atoms with van der Waals surface area (Å²) in [5.41, 5.74) is 7.66. The van der Waals surface area contributed by atoms with Crippen molar-refractivity contribution in [3.05, 3.63) is 58.3 Å². The number of nitrogens with one attached hydrogen (secondary N) is 1. The SMILES string of the molecule is COc1ccc(NC(CN)c2ccc(F)c(Br)c2)cc1. The van der Waals surface area contributed by atoms with Gasteiger partial charge in [0.25, 0.3) is 0 Å². The Morgan fingerprint density at radius 1 is 1.25 bits per heavy atom. The molecule has 0 bridgehead atoms. The first-order chi connectivity index (χ1) is 9.63. The van der Waals surface area contributed by atoms with Gasteiger partial charge in [0.2, 0.25) is 0 Å². The third-order valence-electron chi connectivity index (χ3n) is 3.01. The molecule has 0 saturated carbocycles. The Labute approximate surface area is 126 Å². The molecule has 106 valence electrons. The molecule has 3 N–H and O–H groups in total. The number of nitrogens with two attached hydrogens (primary N) is 1. The quantitative estimate of drug-likeness (QED) is 0.873. The van der Waals surface area contributed by atoms with E-state index in [1.165, 1.54) is 6.07 Å². The van der Waals surface area contributed by atoms with Gasteiger partial charge < -0.3 is 15.8 Å². The van der Waals surface area contributed by atoms with Crippen LogP contribution in [0.15, 0.2) is 46.9 Å². The minimum atomic E-state index is -0.283. The van der Waals surface area contributed by atoms with Crippen LogP contribution in [0.5, 0.6) is 5.75 Å². The van der Waals surface area contributed by atoms with Crippen molar-refractivity contribution < 1.29 is 9.13 Å². The molecule has 2 aromatic carbocycles. The van der Waals surface area contributed by atoms with E-state index in [-0.39, 0.29) is 11.9 Å². The molecule has 0 heterocycles. The lowest BCUT2D eigenvalue weighted by Gasteiger charge is -2.19. The molecule has 0 amide bonds. The van der Waals surface area contributed by atoms with Crippen LogP contribution in [-0.4, -0.2) is 13.7 Å². The third-order valence-corrected chi connectivity index (χ3v) is 3.62. The van der Waals surface area contributed by atoms with Gasteiger partial charge in [0.1, 0.15) is 11.6 Å². The van der Waals surface area contributed by atoms with Crippen LogP contribution in [0, 0.1) is 5.82 Å². The monoisotopic (exact) mass is 338 g/mol. The fourth-order valence-corrected chi connectivity index (χ4v) is 2.29. The summed E-state index contributed by atoms with van der Waals surface area (Å²) in [5.74, 6) is 0.512. The molecule has 2 rings (SSSR count). The standard InChI is InChI=1S/C15H16BrFN2O/c1-20-12-5-3-11(4-6-12)19-15(9-18)10-2-7-14(17)13(16)8-10/h2-8,15,19H,9,18H2,1H3. The maximum Gasteiger partial charge on any atom is 0.137 e. The molecule has 2 aromatic rings. The number of halogens is 2. The minimum Gasteiger partial charge on any atom is -0.497 e. The van der Waals surface area contributed by atoms with Gasteiger partial charge in [-0.2, -0.15) is 0 Å². The van der Waals surface area contributed by atoms with Crippen molar-refractivity contribution in [2.45, 2.75) is 6.04 Å². The van der Waals surface area contributed by atoms with E-state index in [1.54, 1.807) is 19.2 Å².